The highest BCUT2D eigenvalue weighted by atomic mass is 32.2. The molecule has 4 amide bonds. The third-order valence-electron chi connectivity index (χ3n) is 15.8. The second-order valence-electron chi connectivity index (χ2n) is 29.5. The first-order chi connectivity index (χ1) is 69.3. The zero-order valence-electron chi connectivity index (χ0n) is 96.0. The number of hydrogen-bond acceptors (Lipinski definition) is 38. The smallest absolute Gasteiger partial charge is 0.411 e. The summed E-state index contributed by atoms with van der Waals surface area (Å²) in [5, 5.41) is 16.6. The number of ether oxygens (including phenoxy) is 27. The number of carboxylic acids is 1. The van der Waals surface area contributed by atoms with Crippen molar-refractivity contribution in [2.45, 2.75) is 156 Å². The number of rotatable bonds is 65. The molecule has 3 fully saturated rings. The first-order valence-corrected chi connectivity index (χ1v) is 52.3. The number of thioether (sulfide) groups is 3. The maximum Gasteiger partial charge on any atom is 0.411 e. The number of nitrogens with one attached hydrogen (secondary N) is 2. The number of Topliss-reactive ketones (excluding diaryl/α,β-unsaturated/α-hetero) is 1. The Bertz CT molecular complexity index is 2190. The Morgan fingerprint density at radius 3 is 1.19 bits per heavy atom. The second kappa shape index (κ2) is 172. The van der Waals surface area contributed by atoms with Gasteiger partial charge in [-0.15, -0.1) is 0 Å². The molecule has 2 aliphatic heterocycles. The van der Waals surface area contributed by atoms with Gasteiger partial charge in [-0.2, -0.15) is 48.5 Å². The molecule has 880 valence electrons. The van der Waals surface area contributed by atoms with Gasteiger partial charge in [0.15, 0.2) is 0 Å². The molecule has 0 spiro atoms. The lowest BCUT2D eigenvalue weighted by atomic mass is 10.0. The Labute approximate surface area is 883 Å². The molecule has 3 rings (SSSR count). The Hall–Kier alpha value is -4.23. The summed E-state index contributed by atoms with van der Waals surface area (Å²) in [7, 11) is 42.7. The maximum atomic E-state index is 11.4. The van der Waals surface area contributed by atoms with Crippen molar-refractivity contribution >= 4 is 77.4 Å². The van der Waals surface area contributed by atoms with Crippen LogP contribution in [0, 0.1) is 17.8 Å². The van der Waals surface area contributed by atoms with Crippen molar-refractivity contribution in [1.29, 1.82) is 0 Å². The number of cyclic esters (lactones) is 1. The number of amides is 4. The van der Waals surface area contributed by atoms with Gasteiger partial charge < -0.3 is 163 Å². The van der Waals surface area contributed by atoms with Crippen LogP contribution in [-0.4, -0.2) is 495 Å². The highest BCUT2D eigenvalue weighted by Crippen LogP contribution is 2.28. The van der Waals surface area contributed by atoms with Gasteiger partial charge in [0.05, 0.1) is 65.7 Å². The Kier molecular flexibility index (Phi) is 206. The number of carbonyl (C=O) groups is 6. The lowest BCUT2D eigenvalue weighted by Crippen LogP contribution is -2.30. The normalized spacial score (nSPS) is 11.5. The van der Waals surface area contributed by atoms with Gasteiger partial charge in [-0.3, -0.25) is 9.59 Å². The van der Waals surface area contributed by atoms with Crippen molar-refractivity contribution in [3.8, 4) is 0 Å². The molecule has 40 nitrogen and oxygen atoms in total. The number of aliphatic carboxylic acids is 1. The molecule has 1 saturated carbocycles. The van der Waals surface area contributed by atoms with E-state index in [4.69, 9.17) is 99.8 Å². The number of hydrogen-bond donors (Lipinski definition) is 3. The highest BCUT2D eigenvalue weighted by Gasteiger charge is 2.27. The zero-order chi connectivity index (χ0) is 113. The van der Waals surface area contributed by atoms with E-state index in [0.717, 1.165) is 206 Å². The minimum Gasteiger partial charge on any atom is -0.481 e. The van der Waals surface area contributed by atoms with Gasteiger partial charge in [-0.05, 0) is 152 Å². The molecule has 0 radical (unpaired) electrons. The monoisotopic (exact) mass is 2170 g/mol. The summed E-state index contributed by atoms with van der Waals surface area (Å²) in [6, 6.07) is 0. The third kappa shape index (κ3) is 226. The van der Waals surface area contributed by atoms with Crippen molar-refractivity contribution in [2.24, 2.45) is 22.9 Å². The Morgan fingerprint density at radius 2 is 0.861 bits per heavy atom. The molecule has 0 unspecified atom stereocenters. The molecule has 0 aromatic heterocycles. The van der Waals surface area contributed by atoms with Crippen LogP contribution < -0.4 is 10.6 Å². The van der Waals surface area contributed by atoms with E-state index in [9.17, 15) is 41.9 Å². The van der Waals surface area contributed by atoms with E-state index in [-0.39, 0.29) is 36.8 Å². The van der Waals surface area contributed by atoms with Crippen molar-refractivity contribution in [1.82, 2.24) is 20.4 Å². The van der Waals surface area contributed by atoms with Crippen LogP contribution >= 0.6 is 35.3 Å². The zero-order valence-corrected chi connectivity index (χ0v) is 98.5. The lowest BCUT2D eigenvalue weighted by Gasteiger charge is -2.20. The molecule has 2 heterocycles. The number of nitrogens with zero attached hydrogens (tertiary/aromatic N) is 3. The summed E-state index contributed by atoms with van der Waals surface area (Å²) >= 11 is 5.08. The Morgan fingerprint density at radius 1 is 0.472 bits per heavy atom. The van der Waals surface area contributed by atoms with Crippen LogP contribution in [0.2, 0.25) is 0 Å². The fourth-order valence-corrected chi connectivity index (χ4v) is 9.86. The van der Waals surface area contributed by atoms with E-state index >= 15 is 0 Å². The molecule has 0 atom stereocenters. The number of carbonyl (C=O) groups excluding carboxylic acids is 5. The number of alkyl halides is 3. The number of ketones is 1. The first kappa shape index (κ1) is 173. The van der Waals surface area contributed by atoms with E-state index in [0.29, 0.717) is 98.0 Å². The standard InChI is InChI=1S/C9H19NO2.C7H13NO3.C7H14O2.2C6H13NO3.C6H12O3S.C6H14O2.C6H12O2.C5H9F3O2.C5H11NO2.2C5H12O2.C5H12OS.C5H10O.C5H12O.C4H10O2.C4H10OS.C2H6O/c1-4-10(5-2)9(11)7-6-8-12-3;1-10-5-2-3-8-4-6-11-7(8)9;1-8-6-7-2-4-9-5-3-7;1-9-5-3-4-7-6(8)10-2;1-7-6(8)10-5-3-4-9-2;1-9-3-2-4-10-5-6(7)8;1-7-5-3-4-6-8-2;1-6(7)4-3-5-8-2;1-9-2-3-10-4-5(6,7)8;1-7-5-3-4-6-8-2;3*1-6-4-3-5-7-2;1-6-4-5-2-3-5;1-5(2)4-6-3;2*1-5-3-4-6-2;1-3-2/h4-8H2,1-3H3;2-6H2,1H3;7H,2-6H2,1H3;2*3-5H2,1-2H3,(H,7,8);2-5H2,1H3,(H,7,8);3-6H2,1-2H3;3-5H2,1-2H3;2-4H2,1H3;4H,3,5H2,1-2H3;3*3-5H2,1-2H3;5H,2-4H2,1H3;5H,4H2,1-3H3;2*3-4H2,1-2H3;1-2H3/b;;;;;;;;;6-4+;;;;;;;;. The van der Waals surface area contributed by atoms with Crippen LogP contribution in [0.3, 0.4) is 0 Å². The molecule has 3 aliphatic rings. The molecular weight excluding hydrogens is 1960 g/mol. The molecule has 3 N–H and O–H groups in total. The Balaban J connectivity index is -0.0000000946. The van der Waals surface area contributed by atoms with E-state index < -0.39 is 30.9 Å². The van der Waals surface area contributed by atoms with Crippen molar-refractivity contribution in [2.75, 3.05) is 431 Å². The van der Waals surface area contributed by atoms with Gasteiger partial charge in [-0.25, -0.2) is 14.4 Å². The number of alkyl carbamates (subject to hydrolysis) is 2. The average molecular weight is 2180 g/mol. The molecule has 144 heavy (non-hydrogen) atoms. The van der Waals surface area contributed by atoms with E-state index in [1.165, 1.54) is 78.0 Å². The second-order valence-corrected chi connectivity index (χ2v) is 32.5. The van der Waals surface area contributed by atoms with Crippen LogP contribution in [0.1, 0.15) is 150 Å². The van der Waals surface area contributed by atoms with Gasteiger partial charge in [0, 0.05) is 353 Å². The van der Waals surface area contributed by atoms with E-state index in [1.54, 1.807) is 186 Å². The number of oxime groups is 1. The number of halogens is 3. The SMILES string of the molecule is CCN(CC)C(=O)CCCOC.CNC(=O)OCCCOC.COC.COCC(C)C.COCC/C=N/OC.COCC1CC1.COCC1CCOCC1.COCCCC(C)=O.COCCCCOC.COCCCN1CCOC1=O.COCCCNC(=O)OC.COCCCOC.COCCCOC.COCCCSC.COCCCSCC(=O)O.COCCOC.COCCOCC(F)(F)F.COCCSC. The van der Waals surface area contributed by atoms with Gasteiger partial charge >= 0.3 is 30.4 Å². The summed E-state index contributed by atoms with van der Waals surface area (Å²) < 4.78 is 162. The summed E-state index contributed by atoms with van der Waals surface area (Å²) in [6.45, 7) is 30.9. The van der Waals surface area contributed by atoms with Crippen LogP contribution in [0.4, 0.5) is 27.6 Å². The predicted molar refractivity (Wildman–Crippen MR) is 575 cm³/mol. The summed E-state index contributed by atoms with van der Waals surface area (Å²) in [5.74, 6) is 5.46. The fraction of sp³-hybridized carbons (Fsp3) is 0.929. The number of unbranched alkanes of at least 4 members (excludes halogenated alkanes) is 1. The third-order valence-corrected chi connectivity index (χ3v) is 18.1. The predicted octanol–water partition coefficient (Wildman–Crippen LogP) is 14.9. The van der Waals surface area contributed by atoms with E-state index in [2.05, 4.69) is 80.1 Å². The van der Waals surface area contributed by atoms with Crippen LogP contribution in [0.5, 0.6) is 0 Å². The minimum absolute atomic E-state index is 0.0178. The van der Waals surface area contributed by atoms with Crippen LogP contribution in [-0.2, 0) is 147 Å². The van der Waals surface area contributed by atoms with Crippen LogP contribution in [0.15, 0.2) is 5.16 Å². The summed E-state index contributed by atoms with van der Waals surface area (Å²) in [5.41, 5.74) is 0. The van der Waals surface area contributed by atoms with Gasteiger partial charge in [-0.1, -0.05) is 19.0 Å². The van der Waals surface area contributed by atoms with Crippen LogP contribution in [0.25, 0.3) is 0 Å². The largest absolute Gasteiger partial charge is 0.481 e. The van der Waals surface area contributed by atoms with Gasteiger partial charge in [0.1, 0.15) is 26.1 Å². The molecule has 0 bridgehead atoms. The molecule has 0 aromatic rings. The summed E-state index contributed by atoms with van der Waals surface area (Å²) in [6.07, 6.45) is 18.2. The molecular formula is C98H214F3N5O35S3. The van der Waals surface area contributed by atoms with Crippen molar-refractivity contribution < 1.29 is 180 Å². The maximum absolute atomic E-state index is 11.4. The first-order valence-electron chi connectivity index (χ1n) is 48.4. The molecule has 1 aliphatic carbocycles. The topological polar surface area (TPSA) is 424 Å². The van der Waals surface area contributed by atoms with Crippen molar-refractivity contribution in [3.63, 3.8) is 0 Å². The quantitative estimate of drug-likeness (QED) is 0.0220. The molecule has 2 saturated heterocycles. The van der Waals surface area contributed by atoms with E-state index in [1.807, 2.05) is 30.5 Å². The van der Waals surface area contributed by atoms with Gasteiger partial charge in [0.25, 0.3) is 0 Å². The number of methoxy groups -OCH3 is 23. The lowest BCUT2D eigenvalue weighted by molar-refractivity contribution is -0.176. The average Bonchev–Trinajstić information content (AvgIpc) is 1.79. The summed E-state index contributed by atoms with van der Waals surface area (Å²) in [4.78, 5) is 71.2. The number of carboxylic acid groups (broad SMARTS) is 1. The minimum atomic E-state index is -4.23. The molecule has 46 heteroatoms. The molecule has 0 aromatic carbocycles. The fourth-order valence-electron chi connectivity index (χ4n) is 8.48. The van der Waals surface area contributed by atoms with Gasteiger partial charge in [0.2, 0.25) is 5.91 Å². The highest BCUT2D eigenvalue weighted by molar-refractivity contribution is 8.00. The van der Waals surface area contributed by atoms with Crippen molar-refractivity contribution in [3.05, 3.63) is 0 Å².